The van der Waals surface area contributed by atoms with Crippen molar-refractivity contribution in [1.82, 2.24) is 0 Å². The van der Waals surface area contributed by atoms with E-state index in [0.717, 1.165) is 6.04 Å². The zero-order valence-corrected chi connectivity index (χ0v) is 11.3. The molecule has 1 nitrogen and oxygen atoms in total. The minimum atomic E-state index is -1.06. The second-order valence-electron chi connectivity index (χ2n) is 5.90. The summed E-state index contributed by atoms with van der Waals surface area (Å²) in [5, 5.41) is 9.91. The van der Waals surface area contributed by atoms with E-state index in [0.29, 0.717) is 5.92 Å². The standard InChI is InChI=1S/C13H24OSi/c1-15(2,3)11-7-10-13(14)12-8-5-4-6-9-12/h12-14H,4-6,8-9,11H2,1-3H3/t13-/m0/s1. The largest absolute Gasteiger partial charge is 0.380 e. The molecular formula is C13H24OSi. The zero-order valence-electron chi connectivity index (χ0n) is 10.3. The van der Waals surface area contributed by atoms with Crippen LogP contribution in [0.15, 0.2) is 0 Å². The van der Waals surface area contributed by atoms with Crippen LogP contribution in [0.1, 0.15) is 32.1 Å². The maximum Gasteiger partial charge on any atom is 0.117 e. The molecule has 1 aliphatic carbocycles. The van der Waals surface area contributed by atoms with E-state index in [1.165, 1.54) is 32.1 Å². The van der Waals surface area contributed by atoms with Crippen LogP contribution in [0.3, 0.4) is 0 Å². The van der Waals surface area contributed by atoms with Gasteiger partial charge in [-0.25, -0.2) is 0 Å². The molecule has 0 heterocycles. The fourth-order valence-electron chi connectivity index (χ4n) is 1.99. The molecule has 1 N–H and O–H groups in total. The average Bonchev–Trinajstić information content (AvgIpc) is 2.17. The molecular weight excluding hydrogens is 200 g/mol. The van der Waals surface area contributed by atoms with Crippen molar-refractivity contribution in [2.75, 3.05) is 0 Å². The number of aliphatic hydroxyl groups excluding tert-OH is 1. The Balaban J connectivity index is 2.36. The topological polar surface area (TPSA) is 20.2 Å². The molecule has 0 saturated heterocycles. The fraction of sp³-hybridized carbons (Fsp3) is 0.846. The third-order valence-corrected chi connectivity index (χ3v) is 4.20. The molecule has 0 bridgehead atoms. The Labute approximate surface area is 95.3 Å². The normalized spacial score (nSPS) is 20.5. The molecule has 0 aromatic carbocycles. The van der Waals surface area contributed by atoms with Crippen molar-refractivity contribution >= 4 is 8.07 Å². The SMILES string of the molecule is C[Si](C)(C)CC#C[C@H](O)C1CCCCC1. The van der Waals surface area contributed by atoms with Crippen molar-refractivity contribution in [1.29, 1.82) is 0 Å². The summed E-state index contributed by atoms with van der Waals surface area (Å²) in [6.07, 6.45) is 5.87. The molecule has 0 amide bonds. The second-order valence-corrected chi connectivity index (χ2v) is 11.4. The smallest absolute Gasteiger partial charge is 0.117 e. The molecule has 1 fully saturated rings. The molecule has 1 aliphatic rings. The highest BCUT2D eigenvalue weighted by Gasteiger charge is 2.19. The summed E-state index contributed by atoms with van der Waals surface area (Å²) in [5.74, 6) is 6.69. The summed E-state index contributed by atoms with van der Waals surface area (Å²) in [6, 6.07) is 1.01. The van der Waals surface area contributed by atoms with E-state index in [4.69, 9.17) is 0 Å². The minimum Gasteiger partial charge on any atom is -0.380 e. The number of hydrogen-bond acceptors (Lipinski definition) is 1. The first kappa shape index (κ1) is 12.8. The van der Waals surface area contributed by atoms with Crippen molar-refractivity contribution in [3.63, 3.8) is 0 Å². The van der Waals surface area contributed by atoms with E-state index >= 15 is 0 Å². The predicted molar refractivity (Wildman–Crippen MR) is 68.5 cm³/mol. The van der Waals surface area contributed by atoms with Gasteiger partial charge >= 0.3 is 0 Å². The molecule has 0 aromatic rings. The molecule has 0 aromatic heterocycles. The van der Waals surface area contributed by atoms with Gasteiger partial charge in [-0.05, 0) is 18.8 Å². The van der Waals surface area contributed by atoms with E-state index in [9.17, 15) is 5.11 Å². The fourth-order valence-corrected chi connectivity index (χ4v) is 2.62. The summed E-state index contributed by atoms with van der Waals surface area (Å²) >= 11 is 0. The zero-order chi connectivity index (χ0) is 11.3. The lowest BCUT2D eigenvalue weighted by Gasteiger charge is -2.23. The van der Waals surface area contributed by atoms with Crippen LogP contribution in [0.4, 0.5) is 0 Å². The van der Waals surface area contributed by atoms with Crippen LogP contribution in [0.25, 0.3) is 0 Å². The third-order valence-electron chi connectivity index (χ3n) is 2.97. The second kappa shape index (κ2) is 5.72. The van der Waals surface area contributed by atoms with Gasteiger partial charge in [-0.15, -0.1) is 5.92 Å². The molecule has 0 radical (unpaired) electrons. The van der Waals surface area contributed by atoms with Gasteiger partial charge in [-0.1, -0.05) is 44.8 Å². The van der Waals surface area contributed by atoms with Gasteiger partial charge in [-0.2, -0.15) is 0 Å². The van der Waals surface area contributed by atoms with Crippen LogP contribution < -0.4 is 0 Å². The van der Waals surface area contributed by atoms with Gasteiger partial charge in [0.25, 0.3) is 0 Å². The molecule has 0 spiro atoms. The third kappa shape index (κ3) is 5.39. The Morgan fingerprint density at radius 1 is 1.20 bits per heavy atom. The lowest BCUT2D eigenvalue weighted by atomic mass is 9.85. The first-order valence-electron chi connectivity index (χ1n) is 6.15. The van der Waals surface area contributed by atoms with Crippen LogP contribution >= 0.6 is 0 Å². The molecule has 1 saturated carbocycles. The molecule has 1 atom stereocenters. The van der Waals surface area contributed by atoms with Crippen molar-refractivity contribution in [2.24, 2.45) is 5.92 Å². The van der Waals surface area contributed by atoms with Gasteiger partial charge in [-0.3, -0.25) is 0 Å². The summed E-state index contributed by atoms with van der Waals surface area (Å²) < 4.78 is 0. The molecule has 1 rings (SSSR count). The van der Waals surface area contributed by atoms with E-state index in [-0.39, 0.29) is 6.10 Å². The lowest BCUT2D eigenvalue weighted by Crippen LogP contribution is -2.22. The first-order chi connectivity index (χ1) is 6.99. The summed E-state index contributed by atoms with van der Waals surface area (Å²) in [7, 11) is -1.06. The van der Waals surface area contributed by atoms with Crippen LogP contribution in [-0.2, 0) is 0 Å². The van der Waals surface area contributed by atoms with Gasteiger partial charge in [0, 0.05) is 6.04 Å². The summed E-state index contributed by atoms with van der Waals surface area (Å²) in [4.78, 5) is 0. The Morgan fingerprint density at radius 2 is 1.80 bits per heavy atom. The van der Waals surface area contributed by atoms with Crippen molar-refractivity contribution in [2.45, 2.75) is 63.9 Å². The van der Waals surface area contributed by atoms with E-state index in [1.54, 1.807) is 0 Å². The Kier molecular flexibility index (Phi) is 4.88. The molecule has 2 heteroatoms. The van der Waals surface area contributed by atoms with Crippen LogP contribution in [0.2, 0.25) is 25.7 Å². The quantitative estimate of drug-likeness (QED) is 0.564. The van der Waals surface area contributed by atoms with Gasteiger partial charge < -0.3 is 5.11 Å². The predicted octanol–water partition coefficient (Wildman–Crippen LogP) is 3.27. The van der Waals surface area contributed by atoms with Crippen LogP contribution in [0.5, 0.6) is 0 Å². The summed E-state index contributed by atoms with van der Waals surface area (Å²) in [5.41, 5.74) is 0. The average molecular weight is 224 g/mol. The highest BCUT2D eigenvalue weighted by molar-refractivity contribution is 6.76. The molecule has 0 aliphatic heterocycles. The maximum atomic E-state index is 9.91. The molecule has 15 heavy (non-hydrogen) atoms. The first-order valence-corrected chi connectivity index (χ1v) is 9.86. The highest BCUT2D eigenvalue weighted by Crippen LogP contribution is 2.26. The van der Waals surface area contributed by atoms with E-state index < -0.39 is 8.07 Å². The Bertz CT molecular complexity index is 237. The monoisotopic (exact) mass is 224 g/mol. The van der Waals surface area contributed by atoms with Crippen molar-refractivity contribution in [3.05, 3.63) is 0 Å². The molecule has 86 valence electrons. The van der Waals surface area contributed by atoms with Crippen LogP contribution in [-0.4, -0.2) is 19.3 Å². The number of hydrogen-bond donors (Lipinski definition) is 1. The van der Waals surface area contributed by atoms with Gasteiger partial charge in [0.1, 0.15) is 6.10 Å². The van der Waals surface area contributed by atoms with Crippen molar-refractivity contribution in [3.8, 4) is 11.8 Å². The Morgan fingerprint density at radius 3 is 2.33 bits per heavy atom. The van der Waals surface area contributed by atoms with E-state index in [1.807, 2.05) is 0 Å². The highest BCUT2D eigenvalue weighted by atomic mass is 28.3. The minimum absolute atomic E-state index is 0.360. The van der Waals surface area contributed by atoms with Gasteiger partial charge in [0.15, 0.2) is 0 Å². The maximum absolute atomic E-state index is 9.91. The lowest BCUT2D eigenvalue weighted by molar-refractivity contribution is 0.133. The van der Waals surface area contributed by atoms with Gasteiger partial charge in [0.05, 0.1) is 8.07 Å². The number of aliphatic hydroxyl groups is 1. The molecule has 0 unspecified atom stereocenters. The number of rotatable bonds is 2. The van der Waals surface area contributed by atoms with Crippen molar-refractivity contribution < 1.29 is 5.11 Å². The Hall–Kier alpha value is -0.263. The van der Waals surface area contributed by atoms with Gasteiger partial charge in [0.2, 0.25) is 0 Å². The van der Waals surface area contributed by atoms with Crippen LogP contribution in [0, 0.1) is 17.8 Å². The summed E-state index contributed by atoms with van der Waals surface area (Å²) in [6.45, 7) is 6.94. The van der Waals surface area contributed by atoms with E-state index in [2.05, 4.69) is 31.5 Å².